The normalized spacial score (nSPS) is 11.3. The molecule has 0 bridgehead atoms. The van der Waals surface area contributed by atoms with E-state index in [1.54, 1.807) is 0 Å². The van der Waals surface area contributed by atoms with Gasteiger partial charge in [-0.3, -0.25) is 0 Å². The molecule has 0 N–H and O–H groups in total. The van der Waals surface area contributed by atoms with Crippen LogP contribution in [0.15, 0.2) is 0 Å². The Balaban J connectivity index is -0.00000578. The average Bonchev–Trinajstić information content (AvgIpc) is 2.82. The summed E-state index contributed by atoms with van der Waals surface area (Å²) in [5.74, 6) is 0. The second-order valence-electron chi connectivity index (χ2n) is 10.8. The molecule has 0 aliphatic rings. The Morgan fingerprint density at radius 1 is 0.405 bits per heavy atom. The second kappa shape index (κ2) is 36.1. The van der Waals surface area contributed by atoms with E-state index in [0.29, 0.717) is 6.42 Å². The van der Waals surface area contributed by atoms with E-state index in [1.165, 1.54) is 161 Å². The standard InChI is InChI=1S/C30H63O4P.2Na/c1-2-3-4-5-6-7-8-9-10-11-12-13-14-15-16-17-18-19-20-21-22-23-24-25-26-27-28-29-30-34-35(31,32)33;;/h2-30H2,1H3,(H2,31,32,33);;/q;2*+1/p-2. The summed E-state index contributed by atoms with van der Waals surface area (Å²) in [6.07, 6.45) is 38.0. The third-order valence-corrected chi connectivity index (χ3v) is 7.75. The average molecular weight is 563 g/mol. The van der Waals surface area contributed by atoms with Crippen LogP contribution < -0.4 is 68.9 Å². The van der Waals surface area contributed by atoms with Crippen molar-refractivity contribution in [2.45, 2.75) is 187 Å². The molecular formula is C30H61Na2O4P. The molecule has 0 radical (unpaired) electrons. The van der Waals surface area contributed by atoms with E-state index in [0.717, 1.165) is 12.8 Å². The molecule has 0 saturated carbocycles. The fourth-order valence-electron chi connectivity index (χ4n) is 4.95. The first-order valence-electron chi connectivity index (χ1n) is 15.7. The van der Waals surface area contributed by atoms with Crippen LogP contribution in [0.5, 0.6) is 0 Å². The van der Waals surface area contributed by atoms with Gasteiger partial charge in [-0.1, -0.05) is 180 Å². The Hall–Kier alpha value is 2.11. The summed E-state index contributed by atoms with van der Waals surface area (Å²) in [6.45, 7) is 2.34. The summed E-state index contributed by atoms with van der Waals surface area (Å²) in [6, 6.07) is 0. The van der Waals surface area contributed by atoms with Gasteiger partial charge in [0.1, 0.15) is 0 Å². The molecule has 0 fully saturated rings. The molecule has 0 aromatic carbocycles. The number of hydrogen-bond acceptors (Lipinski definition) is 4. The summed E-state index contributed by atoms with van der Waals surface area (Å²) in [7, 11) is -4.77. The quantitative estimate of drug-likeness (QED) is 0.0759. The molecule has 212 valence electrons. The minimum absolute atomic E-state index is 0. The molecule has 37 heavy (non-hydrogen) atoms. The van der Waals surface area contributed by atoms with E-state index in [2.05, 4.69) is 11.4 Å². The maximum absolute atomic E-state index is 10.3. The maximum Gasteiger partial charge on any atom is 1.00 e. The molecule has 0 unspecified atom stereocenters. The summed E-state index contributed by atoms with van der Waals surface area (Å²) in [5.41, 5.74) is 0. The number of phosphoric acid groups is 1. The summed E-state index contributed by atoms with van der Waals surface area (Å²) >= 11 is 0. The van der Waals surface area contributed by atoms with Crippen molar-refractivity contribution in [3.8, 4) is 0 Å². The summed E-state index contributed by atoms with van der Waals surface area (Å²) in [5, 5.41) is 0. The van der Waals surface area contributed by atoms with Gasteiger partial charge in [0.15, 0.2) is 0 Å². The Labute approximate surface area is 276 Å². The van der Waals surface area contributed by atoms with Crippen molar-refractivity contribution in [2.24, 2.45) is 0 Å². The first kappa shape index (κ1) is 43.6. The van der Waals surface area contributed by atoms with E-state index < -0.39 is 7.82 Å². The van der Waals surface area contributed by atoms with Gasteiger partial charge in [0.05, 0.1) is 14.4 Å². The first-order chi connectivity index (χ1) is 17.1. The van der Waals surface area contributed by atoms with Crippen molar-refractivity contribution < 1.29 is 78.0 Å². The van der Waals surface area contributed by atoms with Gasteiger partial charge >= 0.3 is 59.1 Å². The van der Waals surface area contributed by atoms with Crippen molar-refractivity contribution in [2.75, 3.05) is 6.61 Å². The number of unbranched alkanes of at least 4 members (excludes halogenated alkanes) is 27. The van der Waals surface area contributed by atoms with Gasteiger partial charge in [0.2, 0.25) is 0 Å². The minimum atomic E-state index is -4.77. The fraction of sp³-hybridized carbons (Fsp3) is 1.00. The topological polar surface area (TPSA) is 72.4 Å². The van der Waals surface area contributed by atoms with Crippen LogP contribution in [0.1, 0.15) is 187 Å². The molecular weight excluding hydrogens is 501 g/mol. The zero-order valence-electron chi connectivity index (χ0n) is 25.6. The van der Waals surface area contributed by atoms with Crippen molar-refractivity contribution in [3.63, 3.8) is 0 Å². The number of rotatable bonds is 30. The Kier molecular flexibility index (Phi) is 42.5. The molecule has 0 amide bonds. The smallest absolute Gasteiger partial charge is 0.790 e. The third-order valence-electron chi connectivity index (χ3n) is 7.25. The van der Waals surface area contributed by atoms with E-state index in [1.807, 2.05) is 0 Å². The van der Waals surface area contributed by atoms with Gasteiger partial charge in [0.25, 0.3) is 0 Å². The Morgan fingerprint density at radius 2 is 0.595 bits per heavy atom. The second-order valence-corrected chi connectivity index (χ2v) is 12.0. The van der Waals surface area contributed by atoms with Crippen molar-refractivity contribution >= 4 is 7.82 Å². The molecule has 4 nitrogen and oxygen atoms in total. The predicted octanol–water partition coefficient (Wildman–Crippen LogP) is 3.78. The molecule has 0 aliphatic carbocycles. The van der Waals surface area contributed by atoms with Gasteiger partial charge < -0.3 is 18.9 Å². The molecule has 0 aliphatic heterocycles. The van der Waals surface area contributed by atoms with Crippen molar-refractivity contribution in [1.82, 2.24) is 0 Å². The zero-order chi connectivity index (χ0) is 25.7. The molecule has 0 spiro atoms. The van der Waals surface area contributed by atoms with Crippen LogP contribution in [-0.2, 0) is 9.09 Å². The molecule has 0 heterocycles. The van der Waals surface area contributed by atoms with Gasteiger partial charge in [-0.15, -0.1) is 0 Å². The van der Waals surface area contributed by atoms with Crippen LogP contribution in [0.3, 0.4) is 0 Å². The monoisotopic (exact) mass is 562 g/mol. The maximum atomic E-state index is 10.3. The molecule has 7 heteroatoms. The minimum Gasteiger partial charge on any atom is -0.790 e. The Bertz CT molecular complexity index is 449. The van der Waals surface area contributed by atoms with Crippen LogP contribution in [0, 0.1) is 0 Å². The molecule has 0 aromatic heterocycles. The summed E-state index contributed by atoms with van der Waals surface area (Å²) in [4.78, 5) is 20.7. The van der Waals surface area contributed by atoms with E-state index in [-0.39, 0.29) is 65.7 Å². The predicted molar refractivity (Wildman–Crippen MR) is 149 cm³/mol. The SMILES string of the molecule is CCCCCCCCCCCCCCCCCCCCCCCCCCCCCCOP(=O)([O-])[O-].[Na+].[Na+]. The van der Waals surface area contributed by atoms with Crippen LogP contribution in [0.4, 0.5) is 0 Å². The summed E-state index contributed by atoms with van der Waals surface area (Å²) < 4.78 is 14.6. The molecule has 0 rings (SSSR count). The van der Waals surface area contributed by atoms with E-state index >= 15 is 0 Å². The fourth-order valence-corrected chi connectivity index (χ4v) is 5.30. The van der Waals surface area contributed by atoms with Crippen LogP contribution >= 0.6 is 7.82 Å². The third kappa shape index (κ3) is 42.7. The van der Waals surface area contributed by atoms with Gasteiger partial charge in [-0.25, -0.2) is 0 Å². The van der Waals surface area contributed by atoms with E-state index in [4.69, 9.17) is 0 Å². The van der Waals surface area contributed by atoms with Crippen LogP contribution in [0.25, 0.3) is 0 Å². The van der Waals surface area contributed by atoms with Crippen LogP contribution in [-0.4, -0.2) is 6.61 Å². The molecule has 0 atom stereocenters. The number of hydrogen-bond donors (Lipinski definition) is 0. The van der Waals surface area contributed by atoms with Crippen molar-refractivity contribution in [1.29, 1.82) is 0 Å². The molecule has 0 aromatic rings. The van der Waals surface area contributed by atoms with Gasteiger partial charge in [-0.05, 0) is 6.42 Å². The van der Waals surface area contributed by atoms with Crippen LogP contribution in [0.2, 0.25) is 0 Å². The van der Waals surface area contributed by atoms with Gasteiger partial charge in [0, 0.05) is 0 Å². The first-order valence-corrected chi connectivity index (χ1v) is 17.2. The van der Waals surface area contributed by atoms with E-state index in [9.17, 15) is 14.4 Å². The largest absolute Gasteiger partial charge is 1.00 e. The van der Waals surface area contributed by atoms with Crippen molar-refractivity contribution in [3.05, 3.63) is 0 Å². The van der Waals surface area contributed by atoms with Gasteiger partial charge in [-0.2, -0.15) is 0 Å². The number of phosphoric ester groups is 1. The molecule has 0 saturated heterocycles. The zero-order valence-corrected chi connectivity index (χ0v) is 30.5. The Morgan fingerprint density at radius 3 is 0.784 bits per heavy atom.